The molecule has 0 bridgehead atoms. The van der Waals surface area contributed by atoms with Crippen molar-refractivity contribution in [3.8, 4) is 11.1 Å². The van der Waals surface area contributed by atoms with Crippen LogP contribution in [0.25, 0.3) is 22.2 Å². The highest BCUT2D eigenvalue weighted by Gasteiger charge is 2.46. The van der Waals surface area contributed by atoms with Crippen molar-refractivity contribution >= 4 is 20.9 Å². The summed E-state index contributed by atoms with van der Waals surface area (Å²) >= 11 is 0. The number of alkyl halides is 3. The van der Waals surface area contributed by atoms with Crippen molar-refractivity contribution in [2.75, 3.05) is 0 Å². The van der Waals surface area contributed by atoms with E-state index in [9.17, 15) is 26.7 Å². The number of imidazole rings is 1. The molecule has 0 aliphatic carbocycles. The van der Waals surface area contributed by atoms with E-state index in [4.69, 9.17) is 0 Å². The molecule has 3 aromatic carbocycles. The summed E-state index contributed by atoms with van der Waals surface area (Å²) in [6.45, 7) is 1.72. The molecule has 4 rings (SSSR count). The second kappa shape index (κ2) is 8.64. The molecular weight excluding hydrogens is 453 g/mol. The maximum atomic E-state index is 12.7. The summed E-state index contributed by atoms with van der Waals surface area (Å²) in [5.74, 6) is 0.706. The number of nitrogens with zero attached hydrogens (tertiary/aromatic N) is 1. The summed E-state index contributed by atoms with van der Waals surface area (Å²) < 4.78 is 61.0. The SMILES string of the molecule is CC(O)c1ccccc1-c1ccc2nc(CCc3ccc(S(=O)(=O)C(F)(F)F)cc3)[nH]c2c1. The lowest BCUT2D eigenvalue weighted by molar-refractivity contribution is -0.0436. The molecule has 0 radical (unpaired) electrons. The number of aliphatic hydroxyl groups is 1. The van der Waals surface area contributed by atoms with E-state index < -0.39 is 26.3 Å². The van der Waals surface area contributed by atoms with Crippen LogP contribution in [0.3, 0.4) is 0 Å². The number of hydrogen-bond acceptors (Lipinski definition) is 4. The molecule has 1 atom stereocenters. The number of halogens is 3. The Balaban J connectivity index is 1.52. The fourth-order valence-electron chi connectivity index (χ4n) is 3.70. The van der Waals surface area contributed by atoms with Crippen molar-refractivity contribution in [2.24, 2.45) is 0 Å². The summed E-state index contributed by atoms with van der Waals surface area (Å²) in [6, 6.07) is 18.1. The topological polar surface area (TPSA) is 83.1 Å². The Bertz CT molecular complexity index is 1390. The molecule has 0 amide bonds. The summed E-state index contributed by atoms with van der Waals surface area (Å²) in [4.78, 5) is 7.05. The van der Waals surface area contributed by atoms with Crippen molar-refractivity contribution in [2.45, 2.75) is 36.3 Å². The van der Waals surface area contributed by atoms with Crippen LogP contribution in [0.4, 0.5) is 13.2 Å². The molecule has 0 spiro atoms. The van der Waals surface area contributed by atoms with Gasteiger partial charge in [0.15, 0.2) is 0 Å². The zero-order chi connectivity index (χ0) is 23.8. The first-order valence-corrected chi connectivity index (χ1v) is 11.7. The van der Waals surface area contributed by atoms with E-state index >= 15 is 0 Å². The quantitative estimate of drug-likeness (QED) is 0.394. The van der Waals surface area contributed by atoms with Gasteiger partial charge in [0.2, 0.25) is 0 Å². The number of fused-ring (bicyclic) bond motifs is 1. The third-order valence-electron chi connectivity index (χ3n) is 5.44. The highest BCUT2D eigenvalue weighted by atomic mass is 32.2. The summed E-state index contributed by atoms with van der Waals surface area (Å²) in [7, 11) is -5.35. The van der Waals surface area contributed by atoms with Gasteiger partial charge in [0.1, 0.15) is 5.82 Å². The maximum Gasteiger partial charge on any atom is 0.501 e. The molecule has 2 N–H and O–H groups in total. The third-order valence-corrected chi connectivity index (χ3v) is 6.94. The number of hydrogen-bond donors (Lipinski definition) is 2. The second-order valence-electron chi connectivity index (χ2n) is 7.77. The van der Waals surface area contributed by atoms with Crippen molar-refractivity contribution < 1.29 is 26.7 Å². The first kappa shape index (κ1) is 23.0. The Hall–Kier alpha value is -3.17. The molecule has 172 valence electrons. The number of aromatic nitrogens is 2. The van der Waals surface area contributed by atoms with Gasteiger partial charge in [-0.2, -0.15) is 13.2 Å². The van der Waals surface area contributed by atoms with Crippen LogP contribution in [0.1, 0.15) is 30.0 Å². The lowest BCUT2D eigenvalue weighted by Crippen LogP contribution is -2.23. The van der Waals surface area contributed by atoms with Crippen LogP contribution in [0.2, 0.25) is 0 Å². The van der Waals surface area contributed by atoms with Crippen LogP contribution in [0.15, 0.2) is 71.6 Å². The van der Waals surface area contributed by atoms with Gasteiger partial charge in [-0.05, 0) is 59.9 Å². The van der Waals surface area contributed by atoms with Crippen molar-refractivity contribution in [3.05, 3.63) is 83.7 Å². The molecule has 0 saturated heterocycles. The molecule has 0 saturated carbocycles. The molecule has 4 aromatic rings. The van der Waals surface area contributed by atoms with Crippen molar-refractivity contribution in [1.82, 2.24) is 9.97 Å². The zero-order valence-corrected chi connectivity index (χ0v) is 18.4. The lowest BCUT2D eigenvalue weighted by Gasteiger charge is -2.11. The Kier molecular flexibility index (Phi) is 6.02. The minimum Gasteiger partial charge on any atom is -0.389 e. The number of aryl methyl sites for hydroxylation is 2. The van der Waals surface area contributed by atoms with Gasteiger partial charge >= 0.3 is 5.51 Å². The van der Waals surface area contributed by atoms with Gasteiger partial charge in [0.05, 0.1) is 22.0 Å². The smallest absolute Gasteiger partial charge is 0.389 e. The van der Waals surface area contributed by atoms with E-state index in [1.54, 1.807) is 6.92 Å². The molecule has 1 heterocycles. The van der Waals surface area contributed by atoms with E-state index in [-0.39, 0.29) is 0 Å². The number of aliphatic hydroxyl groups excluding tert-OH is 1. The Morgan fingerprint density at radius 2 is 1.70 bits per heavy atom. The zero-order valence-electron chi connectivity index (χ0n) is 17.6. The third kappa shape index (κ3) is 4.65. The van der Waals surface area contributed by atoms with Crippen molar-refractivity contribution in [3.63, 3.8) is 0 Å². The van der Waals surface area contributed by atoms with Crippen LogP contribution in [0, 0.1) is 0 Å². The average Bonchev–Trinajstić information content (AvgIpc) is 3.19. The molecule has 5 nitrogen and oxygen atoms in total. The number of rotatable bonds is 6. The number of benzene rings is 3. The van der Waals surface area contributed by atoms with Gasteiger partial charge in [-0.1, -0.05) is 42.5 Å². The standard InChI is InChI=1S/C24H21F3N2O3S/c1-15(30)19-4-2-3-5-20(19)17-9-12-21-22(14-17)29-23(28-21)13-8-16-6-10-18(11-7-16)33(31,32)24(25,26)27/h2-7,9-12,14-15,30H,8,13H2,1H3,(H,28,29). The fourth-order valence-corrected chi connectivity index (χ4v) is 4.47. The van der Waals surface area contributed by atoms with Crippen LogP contribution in [0.5, 0.6) is 0 Å². The molecule has 0 fully saturated rings. The van der Waals surface area contributed by atoms with E-state index in [1.807, 2.05) is 42.5 Å². The second-order valence-corrected chi connectivity index (χ2v) is 9.71. The van der Waals surface area contributed by atoms with Crippen LogP contribution < -0.4 is 0 Å². The van der Waals surface area contributed by atoms with Gasteiger partial charge in [-0.3, -0.25) is 0 Å². The van der Waals surface area contributed by atoms with Gasteiger partial charge in [0.25, 0.3) is 9.84 Å². The minimum atomic E-state index is -5.35. The first-order chi connectivity index (χ1) is 15.6. The average molecular weight is 475 g/mol. The van der Waals surface area contributed by atoms with Crippen LogP contribution in [-0.4, -0.2) is 29.0 Å². The Morgan fingerprint density at radius 1 is 1.00 bits per heavy atom. The Morgan fingerprint density at radius 3 is 2.36 bits per heavy atom. The monoisotopic (exact) mass is 474 g/mol. The fraction of sp³-hybridized carbons (Fsp3) is 0.208. The number of aromatic amines is 1. The summed E-state index contributed by atoms with van der Waals surface area (Å²) in [5, 5.41) is 10.1. The maximum absolute atomic E-state index is 12.7. The molecule has 33 heavy (non-hydrogen) atoms. The van der Waals surface area contributed by atoms with Crippen LogP contribution in [-0.2, 0) is 22.7 Å². The van der Waals surface area contributed by atoms with Gasteiger partial charge in [-0.15, -0.1) is 0 Å². The molecule has 1 aromatic heterocycles. The van der Waals surface area contributed by atoms with E-state index in [0.717, 1.165) is 39.9 Å². The summed E-state index contributed by atoms with van der Waals surface area (Å²) in [6.07, 6.45) is 0.371. The van der Waals surface area contributed by atoms with Gasteiger partial charge in [0, 0.05) is 6.42 Å². The van der Waals surface area contributed by atoms with E-state index in [1.165, 1.54) is 12.1 Å². The molecule has 0 aliphatic heterocycles. The number of sulfone groups is 1. The van der Waals surface area contributed by atoms with Crippen LogP contribution >= 0.6 is 0 Å². The predicted molar refractivity (Wildman–Crippen MR) is 119 cm³/mol. The summed E-state index contributed by atoms with van der Waals surface area (Å²) in [5.41, 5.74) is -0.326. The largest absolute Gasteiger partial charge is 0.501 e. The number of nitrogens with one attached hydrogen (secondary N) is 1. The number of H-pyrrole nitrogens is 1. The minimum absolute atomic E-state index is 0.476. The van der Waals surface area contributed by atoms with E-state index in [0.29, 0.717) is 24.2 Å². The van der Waals surface area contributed by atoms with Gasteiger partial charge in [-0.25, -0.2) is 13.4 Å². The van der Waals surface area contributed by atoms with Gasteiger partial charge < -0.3 is 10.1 Å². The normalized spacial score (nSPS) is 13.4. The molecule has 1 unspecified atom stereocenters. The highest BCUT2D eigenvalue weighted by molar-refractivity contribution is 7.92. The molecular formula is C24H21F3N2O3S. The van der Waals surface area contributed by atoms with E-state index in [2.05, 4.69) is 9.97 Å². The predicted octanol–water partition coefficient (Wildman–Crippen LogP) is 5.36. The van der Waals surface area contributed by atoms with Crippen molar-refractivity contribution in [1.29, 1.82) is 0 Å². The first-order valence-electron chi connectivity index (χ1n) is 10.2. The Labute approximate surface area is 188 Å². The molecule has 9 heteroatoms. The lowest BCUT2D eigenvalue weighted by atomic mass is 9.96. The highest BCUT2D eigenvalue weighted by Crippen LogP contribution is 2.31. The molecule has 0 aliphatic rings.